The molecule has 2 heterocycles. The molecule has 0 amide bonds. The SMILES string of the molecule is O=S(=O)(c1cccc(Br)c1)N1CCN(Cc2nc(-c3ccccc3Cl)no2)CC1. The summed E-state index contributed by atoms with van der Waals surface area (Å²) < 4.78 is 33.3. The molecule has 0 N–H and O–H groups in total. The first-order valence-electron chi connectivity index (χ1n) is 8.99. The molecule has 7 nitrogen and oxygen atoms in total. The van der Waals surface area contributed by atoms with Gasteiger partial charge in [-0.1, -0.05) is 50.9 Å². The molecule has 0 saturated carbocycles. The third kappa shape index (κ3) is 4.54. The maximum absolute atomic E-state index is 12.8. The zero-order chi connectivity index (χ0) is 20.4. The highest BCUT2D eigenvalue weighted by Crippen LogP contribution is 2.25. The van der Waals surface area contributed by atoms with Gasteiger partial charge in [-0.2, -0.15) is 9.29 Å². The van der Waals surface area contributed by atoms with Crippen LogP contribution >= 0.6 is 27.5 Å². The lowest BCUT2D eigenvalue weighted by atomic mass is 10.2. The van der Waals surface area contributed by atoms with E-state index in [2.05, 4.69) is 31.0 Å². The van der Waals surface area contributed by atoms with Gasteiger partial charge in [-0.05, 0) is 30.3 Å². The molecule has 1 aromatic heterocycles. The highest BCUT2D eigenvalue weighted by Gasteiger charge is 2.29. The Morgan fingerprint density at radius 3 is 2.55 bits per heavy atom. The van der Waals surface area contributed by atoms with Gasteiger partial charge in [0.15, 0.2) is 0 Å². The Bertz CT molecular complexity index is 1110. The molecular weight excluding hydrogens is 480 g/mol. The zero-order valence-electron chi connectivity index (χ0n) is 15.3. The minimum absolute atomic E-state index is 0.293. The van der Waals surface area contributed by atoms with Crippen LogP contribution in [-0.4, -0.2) is 53.9 Å². The molecule has 1 aliphatic rings. The number of rotatable bonds is 5. The number of aromatic nitrogens is 2. The standard InChI is InChI=1S/C19H18BrClN4O3S/c20-14-4-3-5-15(12-14)29(26,27)25-10-8-24(9-11-25)13-18-22-19(23-28-18)16-6-1-2-7-17(16)21/h1-7,12H,8-11,13H2. The number of halogens is 2. The van der Waals surface area contributed by atoms with Crippen LogP contribution < -0.4 is 0 Å². The summed E-state index contributed by atoms with van der Waals surface area (Å²) in [4.78, 5) is 6.81. The summed E-state index contributed by atoms with van der Waals surface area (Å²) in [6, 6.07) is 14.1. The normalized spacial score (nSPS) is 16.2. The number of nitrogens with zero attached hydrogens (tertiary/aromatic N) is 4. The smallest absolute Gasteiger partial charge is 0.243 e. The number of hydrogen-bond donors (Lipinski definition) is 0. The summed E-state index contributed by atoms with van der Waals surface area (Å²) in [5.41, 5.74) is 0.717. The lowest BCUT2D eigenvalue weighted by Crippen LogP contribution is -2.48. The van der Waals surface area contributed by atoms with Crippen LogP contribution in [0.15, 0.2) is 62.4 Å². The van der Waals surface area contributed by atoms with Crippen LogP contribution in [0, 0.1) is 0 Å². The first kappa shape index (κ1) is 20.5. The Hall–Kier alpha value is -1.78. The van der Waals surface area contributed by atoms with Crippen molar-refractivity contribution in [3.8, 4) is 11.4 Å². The van der Waals surface area contributed by atoms with Crippen molar-refractivity contribution in [1.29, 1.82) is 0 Å². The first-order chi connectivity index (χ1) is 13.9. The average molecular weight is 498 g/mol. The fourth-order valence-electron chi connectivity index (χ4n) is 3.17. The third-order valence-electron chi connectivity index (χ3n) is 4.71. The van der Waals surface area contributed by atoms with E-state index >= 15 is 0 Å². The molecule has 0 bridgehead atoms. The molecule has 2 aromatic carbocycles. The molecule has 0 atom stereocenters. The van der Waals surface area contributed by atoms with E-state index in [9.17, 15) is 8.42 Å². The Labute approximate surface area is 182 Å². The Morgan fingerprint density at radius 1 is 1.07 bits per heavy atom. The average Bonchev–Trinajstić information content (AvgIpc) is 3.17. The van der Waals surface area contributed by atoms with E-state index in [4.69, 9.17) is 16.1 Å². The first-order valence-corrected chi connectivity index (χ1v) is 11.6. The van der Waals surface area contributed by atoms with E-state index in [1.54, 1.807) is 30.3 Å². The maximum atomic E-state index is 12.8. The van der Waals surface area contributed by atoms with E-state index in [0.717, 1.165) is 4.47 Å². The summed E-state index contributed by atoms with van der Waals surface area (Å²) in [5, 5.41) is 4.57. The lowest BCUT2D eigenvalue weighted by molar-refractivity contribution is 0.163. The van der Waals surface area contributed by atoms with Gasteiger partial charge < -0.3 is 4.52 Å². The summed E-state index contributed by atoms with van der Waals surface area (Å²) in [5.74, 6) is 0.921. The number of piperazine rings is 1. The minimum Gasteiger partial charge on any atom is -0.338 e. The molecule has 3 aromatic rings. The molecule has 1 saturated heterocycles. The maximum Gasteiger partial charge on any atom is 0.243 e. The van der Waals surface area contributed by atoms with E-state index in [0.29, 0.717) is 59.9 Å². The van der Waals surface area contributed by atoms with Crippen LogP contribution in [0.5, 0.6) is 0 Å². The van der Waals surface area contributed by atoms with Crippen LogP contribution in [0.1, 0.15) is 5.89 Å². The van der Waals surface area contributed by atoms with E-state index < -0.39 is 10.0 Å². The summed E-state index contributed by atoms with van der Waals surface area (Å²) in [6.07, 6.45) is 0. The van der Waals surface area contributed by atoms with Gasteiger partial charge in [-0.25, -0.2) is 8.42 Å². The summed E-state index contributed by atoms with van der Waals surface area (Å²) in [6.45, 7) is 2.43. The van der Waals surface area contributed by atoms with E-state index in [1.807, 2.05) is 18.2 Å². The number of hydrogen-bond acceptors (Lipinski definition) is 6. The molecular formula is C19H18BrClN4O3S. The second kappa shape index (κ2) is 8.53. The second-order valence-electron chi connectivity index (χ2n) is 6.63. The summed E-state index contributed by atoms with van der Waals surface area (Å²) >= 11 is 9.51. The van der Waals surface area contributed by atoms with Gasteiger partial charge in [-0.3, -0.25) is 4.90 Å². The fourth-order valence-corrected chi connectivity index (χ4v) is 5.41. The molecule has 0 spiro atoms. The van der Waals surface area contributed by atoms with E-state index in [1.165, 1.54) is 4.31 Å². The third-order valence-corrected chi connectivity index (χ3v) is 7.42. The van der Waals surface area contributed by atoms with Crippen molar-refractivity contribution >= 4 is 37.6 Å². The number of sulfonamides is 1. The van der Waals surface area contributed by atoms with Gasteiger partial charge in [-0.15, -0.1) is 0 Å². The molecule has 152 valence electrons. The molecule has 1 aliphatic heterocycles. The largest absolute Gasteiger partial charge is 0.338 e. The van der Waals surface area contributed by atoms with Crippen LogP contribution in [0.25, 0.3) is 11.4 Å². The molecule has 0 unspecified atom stereocenters. The van der Waals surface area contributed by atoms with Gasteiger partial charge in [0.1, 0.15) is 0 Å². The van der Waals surface area contributed by atoms with Crippen LogP contribution in [-0.2, 0) is 16.6 Å². The highest BCUT2D eigenvalue weighted by molar-refractivity contribution is 9.10. The Morgan fingerprint density at radius 2 is 1.83 bits per heavy atom. The minimum atomic E-state index is -3.51. The predicted octanol–water partition coefficient (Wildman–Crippen LogP) is 3.66. The van der Waals surface area contributed by atoms with Crippen molar-refractivity contribution in [3.05, 3.63) is 63.9 Å². The number of benzene rings is 2. The van der Waals surface area contributed by atoms with Crippen LogP contribution in [0.3, 0.4) is 0 Å². The summed E-state index contributed by atoms with van der Waals surface area (Å²) in [7, 11) is -3.51. The molecule has 4 rings (SSSR count). The van der Waals surface area contributed by atoms with E-state index in [-0.39, 0.29) is 0 Å². The monoisotopic (exact) mass is 496 g/mol. The van der Waals surface area contributed by atoms with Gasteiger partial charge in [0, 0.05) is 36.2 Å². The van der Waals surface area contributed by atoms with Gasteiger partial charge >= 0.3 is 0 Å². The fraction of sp³-hybridized carbons (Fsp3) is 0.263. The van der Waals surface area contributed by atoms with Gasteiger partial charge in [0.25, 0.3) is 0 Å². The molecule has 10 heteroatoms. The van der Waals surface area contributed by atoms with Crippen LogP contribution in [0.4, 0.5) is 0 Å². The molecule has 29 heavy (non-hydrogen) atoms. The Kier molecular flexibility index (Phi) is 6.03. The van der Waals surface area contributed by atoms with Crippen molar-refractivity contribution in [3.63, 3.8) is 0 Å². The molecule has 0 radical (unpaired) electrons. The second-order valence-corrected chi connectivity index (χ2v) is 9.89. The topological polar surface area (TPSA) is 79.5 Å². The quantitative estimate of drug-likeness (QED) is 0.535. The molecule has 1 fully saturated rings. The lowest BCUT2D eigenvalue weighted by Gasteiger charge is -2.33. The van der Waals surface area contributed by atoms with Crippen LogP contribution in [0.2, 0.25) is 5.02 Å². The Balaban J connectivity index is 1.39. The van der Waals surface area contributed by atoms with Crippen molar-refractivity contribution < 1.29 is 12.9 Å². The van der Waals surface area contributed by atoms with Crippen molar-refractivity contribution in [2.24, 2.45) is 0 Å². The van der Waals surface area contributed by atoms with Crippen molar-refractivity contribution in [1.82, 2.24) is 19.3 Å². The molecule has 0 aliphatic carbocycles. The van der Waals surface area contributed by atoms with Gasteiger partial charge in [0.05, 0.1) is 16.5 Å². The van der Waals surface area contributed by atoms with Crippen molar-refractivity contribution in [2.75, 3.05) is 26.2 Å². The zero-order valence-corrected chi connectivity index (χ0v) is 18.5. The highest BCUT2D eigenvalue weighted by atomic mass is 79.9. The van der Waals surface area contributed by atoms with Crippen molar-refractivity contribution in [2.45, 2.75) is 11.4 Å². The van der Waals surface area contributed by atoms with Gasteiger partial charge in [0.2, 0.25) is 21.7 Å². The predicted molar refractivity (Wildman–Crippen MR) is 113 cm³/mol.